The Morgan fingerprint density at radius 1 is 1.05 bits per heavy atom. The molecule has 5 heteroatoms. The first-order valence-electron chi connectivity index (χ1n) is 6.56. The summed E-state index contributed by atoms with van der Waals surface area (Å²) in [6.45, 7) is 0. The number of H-pyrrole nitrogens is 1. The third-order valence-electron chi connectivity index (χ3n) is 3.16. The van der Waals surface area contributed by atoms with Crippen molar-refractivity contribution >= 4 is 22.8 Å². The van der Waals surface area contributed by atoms with E-state index < -0.39 is 0 Å². The van der Waals surface area contributed by atoms with Crippen molar-refractivity contribution in [3.63, 3.8) is 0 Å². The molecule has 0 aliphatic heterocycles. The fourth-order valence-electron chi connectivity index (χ4n) is 2.09. The second kappa shape index (κ2) is 5.58. The number of hydrazone groups is 1. The van der Waals surface area contributed by atoms with Gasteiger partial charge in [-0.2, -0.15) is 10.2 Å². The molecule has 3 aromatic rings. The number of nitrogens with zero attached hydrogens (tertiary/aromatic N) is 3. The Morgan fingerprint density at radius 2 is 1.71 bits per heavy atom. The first-order chi connectivity index (χ1) is 10.3. The molecular formula is C16H14N4O. The number of hydrogen-bond acceptors (Lipinski definition) is 4. The lowest BCUT2D eigenvalue weighted by Gasteiger charge is -2.13. The van der Waals surface area contributed by atoms with Gasteiger partial charge in [-0.25, -0.2) is 10.1 Å². The molecule has 0 spiro atoms. The molecule has 0 bridgehead atoms. The molecule has 5 nitrogen and oxygen atoms in total. The van der Waals surface area contributed by atoms with Gasteiger partial charge >= 0.3 is 0 Å². The summed E-state index contributed by atoms with van der Waals surface area (Å²) < 4.78 is 0. The van der Waals surface area contributed by atoms with Gasteiger partial charge < -0.3 is 0 Å². The molecule has 0 radical (unpaired) electrons. The number of nitrogens with one attached hydrogen (secondary N) is 1. The van der Waals surface area contributed by atoms with Crippen LogP contribution in [0.4, 0.5) is 5.82 Å². The van der Waals surface area contributed by atoms with Gasteiger partial charge in [-0.05, 0) is 11.6 Å². The highest BCUT2D eigenvalue weighted by molar-refractivity contribution is 5.91. The van der Waals surface area contributed by atoms with Gasteiger partial charge in [-0.1, -0.05) is 48.5 Å². The van der Waals surface area contributed by atoms with Crippen LogP contribution in [0.25, 0.3) is 10.8 Å². The Kier molecular flexibility index (Phi) is 3.47. The molecule has 1 N–H and O–H groups in total. The third kappa shape index (κ3) is 2.67. The molecule has 21 heavy (non-hydrogen) atoms. The summed E-state index contributed by atoms with van der Waals surface area (Å²) in [6.07, 6.45) is 1.75. The average molecular weight is 278 g/mol. The van der Waals surface area contributed by atoms with E-state index in [2.05, 4.69) is 15.3 Å². The Balaban J connectivity index is 1.99. The van der Waals surface area contributed by atoms with Crippen molar-refractivity contribution in [3.05, 3.63) is 70.5 Å². The maximum atomic E-state index is 11.8. The van der Waals surface area contributed by atoms with Crippen molar-refractivity contribution in [1.29, 1.82) is 0 Å². The number of rotatable bonds is 3. The van der Waals surface area contributed by atoms with E-state index in [1.54, 1.807) is 24.3 Å². The fraction of sp³-hybridized carbons (Fsp3) is 0.0625. The topological polar surface area (TPSA) is 61.4 Å². The van der Waals surface area contributed by atoms with Crippen LogP contribution in [-0.2, 0) is 0 Å². The zero-order valence-corrected chi connectivity index (χ0v) is 11.5. The van der Waals surface area contributed by atoms with Crippen molar-refractivity contribution in [2.24, 2.45) is 5.10 Å². The van der Waals surface area contributed by atoms with E-state index in [4.69, 9.17) is 0 Å². The molecule has 0 saturated carbocycles. The second-order valence-corrected chi connectivity index (χ2v) is 4.60. The molecule has 0 aliphatic rings. The Morgan fingerprint density at radius 3 is 2.48 bits per heavy atom. The van der Waals surface area contributed by atoms with Crippen LogP contribution < -0.4 is 10.6 Å². The standard InChI is InChI=1S/C16H14N4O/c1-20(17-11-12-7-3-2-4-8-12)15-13-9-5-6-10-14(13)16(21)19-18-15/h2-11H,1H3,(H,19,21)/b17-11+. The largest absolute Gasteiger partial charge is 0.272 e. The highest BCUT2D eigenvalue weighted by Gasteiger charge is 2.08. The van der Waals surface area contributed by atoms with Crippen LogP contribution in [0.2, 0.25) is 0 Å². The molecule has 0 unspecified atom stereocenters. The SMILES string of the molecule is CN(/N=C/c1ccccc1)c1n[nH]c(=O)c2ccccc12. The first-order valence-corrected chi connectivity index (χ1v) is 6.56. The fourth-order valence-corrected chi connectivity index (χ4v) is 2.09. The van der Waals surface area contributed by atoms with E-state index in [9.17, 15) is 4.79 Å². The zero-order valence-electron chi connectivity index (χ0n) is 11.5. The van der Waals surface area contributed by atoms with Crippen LogP contribution in [0, 0.1) is 0 Å². The van der Waals surface area contributed by atoms with Crippen LogP contribution in [-0.4, -0.2) is 23.5 Å². The number of aromatic amines is 1. The maximum Gasteiger partial charge on any atom is 0.272 e. The van der Waals surface area contributed by atoms with Crippen molar-refractivity contribution in [2.75, 3.05) is 12.1 Å². The summed E-state index contributed by atoms with van der Waals surface area (Å²) in [4.78, 5) is 11.8. The van der Waals surface area contributed by atoms with Gasteiger partial charge in [0.05, 0.1) is 11.6 Å². The number of aromatic nitrogens is 2. The molecule has 0 aliphatic carbocycles. The second-order valence-electron chi connectivity index (χ2n) is 4.60. The van der Waals surface area contributed by atoms with E-state index in [-0.39, 0.29) is 5.56 Å². The summed E-state index contributed by atoms with van der Waals surface area (Å²) in [5, 5.41) is 14.0. The lowest BCUT2D eigenvalue weighted by Crippen LogP contribution is -2.17. The minimum atomic E-state index is -0.199. The summed E-state index contributed by atoms with van der Waals surface area (Å²) in [7, 11) is 1.80. The predicted octanol–water partition coefficient (Wildman–Crippen LogP) is 2.39. The van der Waals surface area contributed by atoms with Crippen LogP contribution >= 0.6 is 0 Å². The average Bonchev–Trinajstić information content (AvgIpc) is 2.54. The van der Waals surface area contributed by atoms with Gasteiger partial charge in [-0.3, -0.25) is 4.79 Å². The van der Waals surface area contributed by atoms with Gasteiger partial charge in [0.1, 0.15) is 0 Å². The minimum Gasteiger partial charge on any atom is -0.267 e. The normalized spacial score (nSPS) is 11.1. The van der Waals surface area contributed by atoms with Gasteiger partial charge in [0, 0.05) is 12.4 Å². The monoisotopic (exact) mass is 278 g/mol. The molecule has 0 amide bonds. The molecular weight excluding hydrogens is 264 g/mol. The van der Waals surface area contributed by atoms with Crippen LogP contribution in [0.3, 0.4) is 0 Å². The number of hydrogen-bond donors (Lipinski definition) is 1. The summed E-state index contributed by atoms with van der Waals surface area (Å²) in [5.41, 5.74) is 0.799. The third-order valence-corrected chi connectivity index (χ3v) is 3.16. The summed E-state index contributed by atoms with van der Waals surface area (Å²) >= 11 is 0. The quantitative estimate of drug-likeness (QED) is 0.591. The van der Waals surface area contributed by atoms with E-state index in [1.807, 2.05) is 48.5 Å². The van der Waals surface area contributed by atoms with Crippen LogP contribution in [0.1, 0.15) is 5.56 Å². The van der Waals surface area contributed by atoms with Crippen molar-refractivity contribution in [1.82, 2.24) is 10.2 Å². The van der Waals surface area contributed by atoms with Crippen molar-refractivity contribution in [2.45, 2.75) is 0 Å². The number of anilines is 1. The smallest absolute Gasteiger partial charge is 0.267 e. The minimum absolute atomic E-state index is 0.199. The molecule has 1 aromatic heterocycles. The predicted molar refractivity (Wildman–Crippen MR) is 84.8 cm³/mol. The van der Waals surface area contributed by atoms with E-state index in [1.165, 1.54) is 0 Å². The Bertz CT molecular complexity index is 840. The molecule has 0 atom stereocenters. The van der Waals surface area contributed by atoms with Gasteiger partial charge in [-0.15, -0.1) is 0 Å². The van der Waals surface area contributed by atoms with E-state index in [0.717, 1.165) is 10.9 Å². The van der Waals surface area contributed by atoms with Crippen LogP contribution in [0.15, 0.2) is 64.5 Å². The molecule has 1 heterocycles. The Labute approximate surface area is 121 Å². The summed E-state index contributed by atoms with van der Waals surface area (Å²) in [6, 6.07) is 17.1. The lowest BCUT2D eigenvalue weighted by atomic mass is 10.2. The molecule has 104 valence electrons. The van der Waals surface area contributed by atoms with Gasteiger partial charge in [0.25, 0.3) is 5.56 Å². The number of fused-ring (bicyclic) bond motifs is 1. The lowest BCUT2D eigenvalue weighted by molar-refractivity contribution is 0.921. The zero-order chi connectivity index (χ0) is 14.7. The maximum absolute atomic E-state index is 11.8. The number of benzene rings is 2. The molecule has 0 fully saturated rings. The molecule has 0 saturated heterocycles. The first kappa shape index (κ1) is 13.1. The summed E-state index contributed by atoms with van der Waals surface area (Å²) in [5.74, 6) is 0.609. The van der Waals surface area contributed by atoms with Gasteiger partial charge in [0.15, 0.2) is 5.82 Å². The van der Waals surface area contributed by atoms with E-state index in [0.29, 0.717) is 11.2 Å². The van der Waals surface area contributed by atoms with Crippen molar-refractivity contribution < 1.29 is 0 Å². The highest BCUT2D eigenvalue weighted by atomic mass is 16.1. The van der Waals surface area contributed by atoms with E-state index >= 15 is 0 Å². The molecule has 3 rings (SSSR count). The molecule has 2 aromatic carbocycles. The van der Waals surface area contributed by atoms with Gasteiger partial charge in [0.2, 0.25) is 0 Å². The van der Waals surface area contributed by atoms with Crippen LogP contribution in [0.5, 0.6) is 0 Å². The highest BCUT2D eigenvalue weighted by Crippen LogP contribution is 2.20. The van der Waals surface area contributed by atoms with Crippen molar-refractivity contribution in [3.8, 4) is 0 Å². The Hall–Kier alpha value is -2.95.